The Labute approximate surface area is 164 Å². The van der Waals surface area contributed by atoms with E-state index in [1.807, 2.05) is 6.92 Å². The third kappa shape index (κ3) is 5.60. The van der Waals surface area contributed by atoms with Gasteiger partial charge < -0.3 is 19.9 Å². The van der Waals surface area contributed by atoms with E-state index in [0.717, 1.165) is 5.56 Å². The molecule has 0 aromatic heterocycles. The summed E-state index contributed by atoms with van der Waals surface area (Å²) in [5, 5.41) is 3.50. The molecule has 0 unspecified atom stereocenters. The summed E-state index contributed by atoms with van der Waals surface area (Å²) in [7, 11) is 0. The molecule has 1 N–H and O–H groups in total. The number of piperidine rings is 1. The molecule has 1 aromatic rings. The molecule has 27 heavy (non-hydrogen) atoms. The monoisotopic (exact) mass is 395 g/mol. The molecule has 1 saturated heterocycles. The van der Waals surface area contributed by atoms with Gasteiger partial charge in [-0.1, -0.05) is 17.7 Å². The zero-order valence-corrected chi connectivity index (χ0v) is 16.7. The second-order valence-corrected chi connectivity index (χ2v) is 6.92. The molecule has 0 atom stereocenters. The van der Waals surface area contributed by atoms with Crippen LogP contribution in [-0.4, -0.2) is 55.1 Å². The predicted molar refractivity (Wildman–Crippen MR) is 104 cm³/mol. The summed E-state index contributed by atoms with van der Waals surface area (Å²) in [6.45, 7) is 6.35. The number of hydrogen-bond donors (Lipinski definition) is 1. The van der Waals surface area contributed by atoms with E-state index >= 15 is 0 Å². The number of halogens is 1. The Kier molecular flexibility index (Phi) is 7.47. The first-order valence-corrected chi connectivity index (χ1v) is 9.45. The number of nitrogens with one attached hydrogen (secondary N) is 1. The number of likely N-dealkylation sites (tertiary alicyclic amines) is 1. The fourth-order valence-electron chi connectivity index (χ4n) is 3.09. The highest BCUT2D eigenvalue weighted by atomic mass is 35.5. The van der Waals surface area contributed by atoms with Crippen LogP contribution in [0, 0.1) is 6.92 Å². The molecule has 0 bridgehead atoms. The number of anilines is 1. The maximum Gasteiger partial charge on any atom is 0.409 e. The van der Waals surface area contributed by atoms with E-state index in [1.165, 1.54) is 11.8 Å². The van der Waals surface area contributed by atoms with Gasteiger partial charge in [-0.2, -0.15) is 0 Å². The van der Waals surface area contributed by atoms with E-state index in [-0.39, 0.29) is 30.5 Å². The second-order valence-electron chi connectivity index (χ2n) is 6.52. The lowest BCUT2D eigenvalue weighted by Crippen LogP contribution is -2.49. The highest BCUT2D eigenvalue weighted by Crippen LogP contribution is 2.26. The zero-order valence-electron chi connectivity index (χ0n) is 16.0. The van der Waals surface area contributed by atoms with Crippen molar-refractivity contribution in [3.05, 3.63) is 28.8 Å². The first kappa shape index (κ1) is 21.0. The van der Waals surface area contributed by atoms with Crippen molar-refractivity contribution in [1.82, 2.24) is 10.2 Å². The van der Waals surface area contributed by atoms with Gasteiger partial charge in [0.25, 0.3) is 0 Å². The first-order chi connectivity index (χ1) is 12.8. The van der Waals surface area contributed by atoms with Gasteiger partial charge in [0.05, 0.1) is 6.61 Å². The number of ether oxygens (including phenoxy) is 1. The fourth-order valence-corrected chi connectivity index (χ4v) is 3.26. The number of carbonyl (C=O) groups is 3. The van der Waals surface area contributed by atoms with Gasteiger partial charge in [-0.15, -0.1) is 0 Å². The van der Waals surface area contributed by atoms with Crippen molar-refractivity contribution in [2.75, 3.05) is 31.1 Å². The highest BCUT2D eigenvalue weighted by Gasteiger charge is 2.26. The van der Waals surface area contributed by atoms with E-state index < -0.39 is 0 Å². The van der Waals surface area contributed by atoms with Crippen LogP contribution >= 0.6 is 11.6 Å². The van der Waals surface area contributed by atoms with Crippen molar-refractivity contribution in [1.29, 1.82) is 0 Å². The summed E-state index contributed by atoms with van der Waals surface area (Å²) in [4.78, 5) is 39.3. The minimum absolute atomic E-state index is 0.0301. The van der Waals surface area contributed by atoms with Crippen LogP contribution in [0.4, 0.5) is 10.5 Å². The Morgan fingerprint density at radius 3 is 2.56 bits per heavy atom. The molecule has 0 radical (unpaired) electrons. The molecule has 1 heterocycles. The summed E-state index contributed by atoms with van der Waals surface area (Å²) < 4.78 is 4.99. The second kappa shape index (κ2) is 9.60. The zero-order chi connectivity index (χ0) is 20.0. The summed E-state index contributed by atoms with van der Waals surface area (Å²) in [6, 6.07) is 5.24. The van der Waals surface area contributed by atoms with Crippen LogP contribution in [0.15, 0.2) is 18.2 Å². The van der Waals surface area contributed by atoms with E-state index in [2.05, 4.69) is 5.32 Å². The Morgan fingerprint density at radius 2 is 1.96 bits per heavy atom. The molecule has 1 aromatic carbocycles. The molecule has 7 nitrogen and oxygen atoms in total. The minimum atomic E-state index is -0.318. The third-order valence-electron chi connectivity index (χ3n) is 4.60. The van der Waals surface area contributed by atoms with Gasteiger partial charge in [-0.25, -0.2) is 4.79 Å². The first-order valence-electron chi connectivity index (χ1n) is 9.07. The summed E-state index contributed by atoms with van der Waals surface area (Å²) in [5.41, 5.74) is 1.38. The number of benzene rings is 1. The molecule has 1 aliphatic rings. The molecule has 3 amide bonds. The van der Waals surface area contributed by atoms with Crippen LogP contribution in [0.2, 0.25) is 5.02 Å². The number of nitrogens with zero attached hydrogens (tertiary/aromatic N) is 2. The molecule has 0 spiro atoms. The lowest BCUT2D eigenvalue weighted by atomic mass is 10.1. The maximum absolute atomic E-state index is 12.5. The van der Waals surface area contributed by atoms with Crippen molar-refractivity contribution in [2.24, 2.45) is 0 Å². The number of carbonyl (C=O) groups excluding carboxylic acids is 3. The third-order valence-corrected chi connectivity index (χ3v) is 5.01. The van der Waals surface area contributed by atoms with Crippen LogP contribution in [-0.2, 0) is 14.3 Å². The van der Waals surface area contributed by atoms with Gasteiger partial charge in [-0.3, -0.25) is 9.59 Å². The van der Waals surface area contributed by atoms with Crippen molar-refractivity contribution < 1.29 is 19.1 Å². The molecule has 0 aliphatic carbocycles. The molecule has 0 saturated carbocycles. The molecular weight excluding hydrogens is 370 g/mol. The average molecular weight is 396 g/mol. The van der Waals surface area contributed by atoms with E-state index in [4.69, 9.17) is 16.3 Å². The quantitative estimate of drug-likeness (QED) is 0.831. The van der Waals surface area contributed by atoms with Crippen molar-refractivity contribution in [3.63, 3.8) is 0 Å². The highest BCUT2D eigenvalue weighted by molar-refractivity contribution is 6.31. The Bertz CT molecular complexity index is 702. The van der Waals surface area contributed by atoms with E-state index in [0.29, 0.717) is 43.2 Å². The van der Waals surface area contributed by atoms with Crippen LogP contribution in [0.1, 0.15) is 32.3 Å². The standard InChI is InChI=1S/C19H26ClN3O4/c1-4-27-19(26)22-10-8-15(9-11-22)21-18(25)12-23(14(3)24)17-7-5-6-16(20)13(17)2/h5-7,15H,4,8-12H2,1-3H3,(H,21,25). The molecule has 1 aliphatic heterocycles. The molecule has 148 valence electrons. The van der Waals surface area contributed by atoms with E-state index in [9.17, 15) is 14.4 Å². The summed E-state index contributed by atoms with van der Waals surface area (Å²) in [5.74, 6) is -0.466. The topological polar surface area (TPSA) is 79.0 Å². The fraction of sp³-hybridized carbons (Fsp3) is 0.526. The lowest BCUT2D eigenvalue weighted by molar-refractivity contribution is -0.123. The lowest BCUT2D eigenvalue weighted by Gasteiger charge is -2.32. The van der Waals surface area contributed by atoms with Crippen LogP contribution in [0.5, 0.6) is 0 Å². The van der Waals surface area contributed by atoms with Crippen LogP contribution in [0.3, 0.4) is 0 Å². The van der Waals surface area contributed by atoms with Gasteiger partial charge in [0.15, 0.2) is 0 Å². The molecule has 2 rings (SSSR count). The van der Waals surface area contributed by atoms with Gasteiger partial charge >= 0.3 is 6.09 Å². The number of rotatable bonds is 5. The molecule has 1 fully saturated rings. The van der Waals surface area contributed by atoms with Crippen LogP contribution < -0.4 is 10.2 Å². The van der Waals surface area contributed by atoms with Crippen LogP contribution in [0.25, 0.3) is 0 Å². The molecular formula is C19H26ClN3O4. The van der Waals surface area contributed by atoms with Gasteiger partial charge in [0.2, 0.25) is 11.8 Å². The smallest absolute Gasteiger partial charge is 0.409 e. The SMILES string of the molecule is CCOC(=O)N1CCC(NC(=O)CN(C(C)=O)c2cccc(Cl)c2C)CC1. The normalized spacial score (nSPS) is 14.6. The van der Waals surface area contributed by atoms with Crippen molar-refractivity contribution in [2.45, 2.75) is 39.7 Å². The number of hydrogen-bond acceptors (Lipinski definition) is 4. The Hall–Kier alpha value is -2.28. The van der Waals surface area contributed by atoms with Gasteiger partial charge in [0, 0.05) is 36.8 Å². The van der Waals surface area contributed by atoms with Crippen molar-refractivity contribution >= 4 is 35.2 Å². The van der Waals surface area contributed by atoms with E-state index in [1.54, 1.807) is 30.0 Å². The predicted octanol–water partition coefficient (Wildman–Crippen LogP) is 2.74. The maximum atomic E-state index is 12.5. The Balaban J connectivity index is 1.93. The average Bonchev–Trinajstić information content (AvgIpc) is 2.63. The summed E-state index contributed by atoms with van der Waals surface area (Å²) >= 11 is 6.14. The van der Waals surface area contributed by atoms with Gasteiger partial charge in [-0.05, 0) is 44.4 Å². The number of amides is 3. The van der Waals surface area contributed by atoms with Crippen molar-refractivity contribution in [3.8, 4) is 0 Å². The molecule has 8 heteroatoms. The summed E-state index contributed by atoms with van der Waals surface area (Å²) in [6.07, 6.45) is 0.989. The van der Waals surface area contributed by atoms with Gasteiger partial charge in [0.1, 0.15) is 6.54 Å². The largest absolute Gasteiger partial charge is 0.450 e. The Morgan fingerprint density at radius 1 is 1.30 bits per heavy atom. The minimum Gasteiger partial charge on any atom is -0.450 e.